The monoisotopic (exact) mass is 812 g/mol. The smallest absolute Gasteiger partial charge is 0.0727 e. The molecule has 0 atom stereocenters. The summed E-state index contributed by atoms with van der Waals surface area (Å²) in [4.78, 5) is 4.82. The minimum atomic E-state index is -0.593. The average Bonchev–Trinajstić information content (AvgIpc) is 4.05. The van der Waals surface area contributed by atoms with Gasteiger partial charge in [-0.1, -0.05) is 170 Å². The van der Waals surface area contributed by atoms with Crippen molar-refractivity contribution in [2.75, 3.05) is 9.80 Å². The highest BCUT2D eigenvalue weighted by Crippen LogP contribution is 2.72. The van der Waals surface area contributed by atoms with Gasteiger partial charge in [0, 0.05) is 34.1 Å². The second-order valence-corrected chi connectivity index (χ2v) is 17.5. The number of rotatable bonds is 6. The fraction of sp³-hybridized carbons (Fsp3) is 0.0323. The van der Waals surface area contributed by atoms with Crippen LogP contribution >= 0.6 is 0 Å². The van der Waals surface area contributed by atoms with Gasteiger partial charge in [0.2, 0.25) is 0 Å². The van der Waals surface area contributed by atoms with Gasteiger partial charge in [0.15, 0.2) is 0 Å². The molecule has 0 unspecified atom stereocenters. The lowest BCUT2D eigenvalue weighted by Gasteiger charge is -2.36. The number of benzene rings is 10. The Balaban J connectivity index is 1.08. The van der Waals surface area contributed by atoms with Crippen LogP contribution in [0.15, 0.2) is 243 Å². The normalized spacial score (nSPS) is 14.2. The molecule has 0 N–H and O–H groups in total. The van der Waals surface area contributed by atoms with Crippen molar-refractivity contribution >= 4 is 34.1 Å². The number of hydrogen-bond donors (Lipinski definition) is 0. The first-order valence-corrected chi connectivity index (χ1v) is 22.4. The van der Waals surface area contributed by atoms with E-state index in [4.69, 9.17) is 0 Å². The van der Waals surface area contributed by atoms with E-state index in [0.717, 1.165) is 34.1 Å². The summed E-state index contributed by atoms with van der Waals surface area (Å²) < 4.78 is 0. The molecule has 0 aliphatic heterocycles. The Kier molecular flexibility index (Phi) is 7.28. The Bertz CT molecular complexity index is 3180. The van der Waals surface area contributed by atoms with Gasteiger partial charge in [-0.15, -0.1) is 0 Å². The summed E-state index contributed by atoms with van der Waals surface area (Å²) in [6.45, 7) is 0. The maximum absolute atomic E-state index is 2.51. The number of fused-ring (bicyclic) bond motifs is 14. The zero-order valence-electron chi connectivity index (χ0n) is 35.0. The van der Waals surface area contributed by atoms with Crippen molar-refractivity contribution in [3.8, 4) is 33.4 Å². The third kappa shape index (κ3) is 4.44. The lowest BCUT2D eigenvalue weighted by Crippen LogP contribution is -2.31. The van der Waals surface area contributed by atoms with Crippen molar-refractivity contribution in [2.45, 2.75) is 10.8 Å². The van der Waals surface area contributed by atoms with Crippen molar-refractivity contribution in [3.05, 3.63) is 287 Å². The van der Waals surface area contributed by atoms with E-state index in [-0.39, 0.29) is 0 Å². The van der Waals surface area contributed by atoms with E-state index in [2.05, 4.69) is 252 Å². The van der Waals surface area contributed by atoms with E-state index in [9.17, 15) is 0 Å². The molecule has 0 saturated carbocycles. The molecule has 0 saturated heterocycles. The van der Waals surface area contributed by atoms with Crippen LogP contribution in [0.3, 0.4) is 0 Å². The summed E-state index contributed by atoms with van der Waals surface area (Å²) in [7, 11) is 0. The van der Waals surface area contributed by atoms with Crippen molar-refractivity contribution < 1.29 is 0 Å². The van der Waals surface area contributed by atoms with Crippen LogP contribution in [0.25, 0.3) is 33.4 Å². The largest absolute Gasteiger partial charge is 0.310 e. The third-order valence-electron chi connectivity index (χ3n) is 14.6. The molecular weight excluding hydrogens is 773 g/mol. The topological polar surface area (TPSA) is 6.48 Å². The minimum absolute atomic E-state index is 0.408. The van der Waals surface area contributed by atoms with Crippen LogP contribution < -0.4 is 9.80 Å². The fourth-order valence-corrected chi connectivity index (χ4v) is 12.4. The third-order valence-corrected chi connectivity index (χ3v) is 14.6. The first-order valence-electron chi connectivity index (χ1n) is 22.4. The molecule has 2 nitrogen and oxygen atoms in total. The number of hydrogen-bond acceptors (Lipinski definition) is 2. The van der Waals surface area contributed by atoms with Crippen LogP contribution in [-0.2, 0) is 10.8 Å². The quantitative estimate of drug-likeness (QED) is 0.165. The first-order chi connectivity index (χ1) is 31.8. The molecule has 64 heavy (non-hydrogen) atoms. The molecule has 298 valence electrons. The van der Waals surface area contributed by atoms with E-state index in [1.54, 1.807) is 0 Å². The van der Waals surface area contributed by atoms with Gasteiger partial charge in [-0.3, -0.25) is 0 Å². The van der Waals surface area contributed by atoms with Gasteiger partial charge < -0.3 is 9.80 Å². The lowest BCUT2D eigenvalue weighted by molar-refractivity contribution is 0.756. The Morgan fingerprint density at radius 2 is 0.484 bits per heavy atom. The predicted molar refractivity (Wildman–Crippen MR) is 263 cm³/mol. The minimum Gasteiger partial charge on any atom is -0.310 e. The zero-order chi connectivity index (χ0) is 42.0. The van der Waals surface area contributed by atoms with Gasteiger partial charge in [0.05, 0.1) is 10.8 Å². The Labute approximate surface area is 373 Å². The van der Waals surface area contributed by atoms with Crippen LogP contribution in [0.4, 0.5) is 34.1 Å². The molecule has 4 aliphatic rings. The standard InChI is InChI=1S/C62H40N2/c1-5-19-41(20-6-1)63(42-21-7-2-8-22-42)45-35-37-49-50-38-36-46(64(43-23-9-3-10-24-43)44-25-11-4-12-26-44)40-58(50)62(57(49)39-45)55-33-17-31-53-59(55)60-54(32-18-34-56(60)62)61(53)51-29-15-13-27-47(51)48-28-14-16-30-52(48)61/h1-40H. The van der Waals surface area contributed by atoms with E-state index >= 15 is 0 Å². The van der Waals surface area contributed by atoms with Gasteiger partial charge in [0.1, 0.15) is 0 Å². The molecule has 0 fully saturated rings. The molecular formula is C62H40N2. The van der Waals surface area contributed by atoms with Gasteiger partial charge >= 0.3 is 0 Å². The van der Waals surface area contributed by atoms with Crippen molar-refractivity contribution in [1.82, 2.24) is 0 Å². The van der Waals surface area contributed by atoms with Crippen LogP contribution in [0, 0.1) is 0 Å². The molecule has 2 spiro atoms. The zero-order valence-corrected chi connectivity index (χ0v) is 35.0. The summed E-state index contributed by atoms with van der Waals surface area (Å²) in [5, 5.41) is 0. The van der Waals surface area contributed by atoms with Gasteiger partial charge in [-0.2, -0.15) is 0 Å². The second kappa shape index (κ2) is 13.2. The average molecular weight is 813 g/mol. The van der Waals surface area contributed by atoms with E-state index < -0.39 is 10.8 Å². The van der Waals surface area contributed by atoms with Crippen molar-refractivity contribution in [3.63, 3.8) is 0 Å². The summed E-state index contributed by atoms with van der Waals surface area (Å²) >= 11 is 0. The van der Waals surface area contributed by atoms with Gasteiger partial charge in [-0.25, -0.2) is 0 Å². The summed E-state index contributed by atoms with van der Waals surface area (Å²) in [5.41, 5.74) is 24.6. The Hall–Kier alpha value is -8.20. The summed E-state index contributed by atoms with van der Waals surface area (Å²) in [6, 6.07) is 90.4. The van der Waals surface area contributed by atoms with Gasteiger partial charge in [-0.05, 0) is 151 Å². The molecule has 0 bridgehead atoms. The molecule has 2 heteroatoms. The number of nitrogens with zero attached hydrogens (tertiary/aromatic N) is 2. The highest BCUT2D eigenvalue weighted by atomic mass is 15.1. The molecule has 14 rings (SSSR count). The van der Waals surface area contributed by atoms with Crippen LogP contribution in [-0.4, -0.2) is 0 Å². The molecule has 0 aromatic heterocycles. The number of para-hydroxylation sites is 4. The predicted octanol–water partition coefficient (Wildman–Crippen LogP) is 15.6. The van der Waals surface area contributed by atoms with E-state index in [0.29, 0.717) is 0 Å². The SMILES string of the molecule is c1ccc(N(c2ccccc2)c2ccc3c(c2)C2(c4cc(N(c5ccccc5)c5ccccc5)ccc4-3)c3cccc4c3-c3c(cccc32)C42c3ccccc3-c3ccccc32)cc1. The molecule has 0 radical (unpaired) electrons. The highest BCUT2D eigenvalue weighted by Gasteiger charge is 2.60. The molecule has 0 heterocycles. The van der Waals surface area contributed by atoms with Crippen molar-refractivity contribution in [1.29, 1.82) is 0 Å². The maximum atomic E-state index is 2.51. The maximum Gasteiger partial charge on any atom is 0.0727 e. The fourth-order valence-electron chi connectivity index (χ4n) is 12.4. The van der Waals surface area contributed by atoms with E-state index in [1.165, 1.54) is 77.9 Å². The van der Waals surface area contributed by atoms with E-state index in [1.807, 2.05) is 0 Å². The molecule has 10 aromatic carbocycles. The highest BCUT2D eigenvalue weighted by molar-refractivity contribution is 6.05. The summed E-state index contributed by atoms with van der Waals surface area (Å²) in [6.07, 6.45) is 0. The van der Waals surface area contributed by atoms with Crippen molar-refractivity contribution in [2.24, 2.45) is 0 Å². The van der Waals surface area contributed by atoms with Crippen LogP contribution in [0.2, 0.25) is 0 Å². The van der Waals surface area contributed by atoms with Crippen LogP contribution in [0.5, 0.6) is 0 Å². The summed E-state index contributed by atoms with van der Waals surface area (Å²) in [5.74, 6) is 0. The number of anilines is 6. The van der Waals surface area contributed by atoms with Gasteiger partial charge in [0.25, 0.3) is 0 Å². The first kappa shape index (κ1) is 35.4. The van der Waals surface area contributed by atoms with Crippen LogP contribution in [0.1, 0.15) is 44.5 Å². The second-order valence-electron chi connectivity index (χ2n) is 17.5. The Morgan fingerprint density at radius 3 is 0.844 bits per heavy atom. The molecule has 4 aliphatic carbocycles. The molecule has 10 aromatic rings. The molecule has 0 amide bonds. The Morgan fingerprint density at radius 1 is 0.203 bits per heavy atom. The lowest BCUT2D eigenvalue weighted by atomic mass is 9.65.